The van der Waals surface area contributed by atoms with Gasteiger partial charge in [0.1, 0.15) is 0 Å². The molecule has 0 unspecified atom stereocenters. The first-order valence-corrected chi connectivity index (χ1v) is 3.22. The molecule has 0 saturated carbocycles. The van der Waals surface area contributed by atoms with Gasteiger partial charge >= 0.3 is 0 Å². The molecule has 0 spiro atoms. The van der Waals surface area contributed by atoms with Crippen molar-refractivity contribution in [2.24, 2.45) is 11.1 Å². The molecule has 9 heavy (non-hydrogen) atoms. The molecule has 1 atom stereocenters. The molecule has 0 aromatic heterocycles. The fourth-order valence-corrected chi connectivity index (χ4v) is 1.000. The van der Waals surface area contributed by atoms with Crippen LogP contribution in [-0.4, -0.2) is 31.5 Å². The minimum atomic E-state index is -0.111. The summed E-state index contributed by atoms with van der Waals surface area (Å²) in [6, 6.07) is 0. The van der Waals surface area contributed by atoms with E-state index in [9.17, 15) is 0 Å². The maximum Gasteiger partial charge on any atom is 0.0557 e. The molecule has 1 heterocycles. The van der Waals surface area contributed by atoms with Crippen LogP contribution >= 0.6 is 0 Å². The minimum Gasteiger partial charge on any atom is -0.396 e. The Hall–Kier alpha value is -0.120. The van der Waals surface area contributed by atoms with E-state index in [0.29, 0.717) is 13.2 Å². The molecule has 1 aliphatic rings. The summed E-state index contributed by atoms with van der Waals surface area (Å²) in [7, 11) is 0. The third kappa shape index (κ3) is 1.23. The Kier molecular flexibility index (Phi) is 2.05. The largest absolute Gasteiger partial charge is 0.396 e. The molecule has 0 radical (unpaired) electrons. The van der Waals surface area contributed by atoms with Crippen molar-refractivity contribution >= 4 is 0 Å². The second-order valence-corrected chi connectivity index (χ2v) is 2.66. The highest BCUT2D eigenvalue weighted by Crippen LogP contribution is 2.25. The number of ether oxygens (including phenoxy) is 1. The third-order valence-corrected chi connectivity index (χ3v) is 1.95. The van der Waals surface area contributed by atoms with Crippen LogP contribution in [0.1, 0.15) is 6.42 Å². The van der Waals surface area contributed by atoms with Gasteiger partial charge in [-0.1, -0.05) is 0 Å². The molecule has 0 aromatic carbocycles. The van der Waals surface area contributed by atoms with E-state index < -0.39 is 0 Å². The number of hydrogen-bond donors (Lipinski definition) is 2. The Labute approximate surface area is 54.8 Å². The van der Waals surface area contributed by atoms with Crippen LogP contribution in [0.15, 0.2) is 0 Å². The van der Waals surface area contributed by atoms with E-state index in [1.54, 1.807) is 0 Å². The number of aliphatic hydroxyl groups is 1. The van der Waals surface area contributed by atoms with Gasteiger partial charge in [0.2, 0.25) is 0 Å². The Morgan fingerprint density at radius 1 is 1.67 bits per heavy atom. The second kappa shape index (κ2) is 2.64. The molecular weight excluding hydrogens is 118 g/mol. The van der Waals surface area contributed by atoms with E-state index in [0.717, 1.165) is 13.0 Å². The van der Waals surface area contributed by atoms with Crippen molar-refractivity contribution in [3.8, 4) is 0 Å². The molecule has 3 N–H and O–H groups in total. The lowest BCUT2D eigenvalue weighted by Crippen LogP contribution is -2.34. The molecule has 1 rings (SSSR count). The van der Waals surface area contributed by atoms with Gasteiger partial charge in [0.25, 0.3) is 0 Å². The average molecular weight is 131 g/mol. The van der Waals surface area contributed by atoms with Crippen LogP contribution in [0.25, 0.3) is 0 Å². The van der Waals surface area contributed by atoms with Gasteiger partial charge in [-0.25, -0.2) is 0 Å². The highest BCUT2D eigenvalue weighted by atomic mass is 16.5. The van der Waals surface area contributed by atoms with E-state index in [1.165, 1.54) is 0 Å². The monoisotopic (exact) mass is 131 g/mol. The van der Waals surface area contributed by atoms with Crippen LogP contribution in [0, 0.1) is 5.41 Å². The smallest absolute Gasteiger partial charge is 0.0557 e. The molecule has 3 nitrogen and oxygen atoms in total. The summed E-state index contributed by atoms with van der Waals surface area (Å²) in [6.07, 6.45) is 0.903. The Bertz CT molecular complexity index is 83.1. The average Bonchev–Trinajstić information content (AvgIpc) is 2.36. The molecule has 1 fully saturated rings. The van der Waals surface area contributed by atoms with Gasteiger partial charge in [0.05, 0.1) is 13.2 Å². The molecule has 0 aliphatic carbocycles. The topological polar surface area (TPSA) is 55.5 Å². The first-order chi connectivity index (χ1) is 4.33. The molecule has 3 heteroatoms. The summed E-state index contributed by atoms with van der Waals surface area (Å²) < 4.78 is 5.10. The lowest BCUT2D eigenvalue weighted by atomic mass is 9.89. The van der Waals surface area contributed by atoms with Crippen LogP contribution < -0.4 is 5.73 Å². The van der Waals surface area contributed by atoms with E-state index in [2.05, 4.69) is 0 Å². The van der Waals surface area contributed by atoms with Gasteiger partial charge in [0.15, 0.2) is 0 Å². The maximum atomic E-state index is 8.86. The van der Waals surface area contributed by atoms with Crippen molar-refractivity contribution in [1.29, 1.82) is 0 Å². The fraction of sp³-hybridized carbons (Fsp3) is 1.00. The number of hydrogen-bond acceptors (Lipinski definition) is 3. The van der Waals surface area contributed by atoms with Crippen molar-refractivity contribution in [2.75, 3.05) is 26.4 Å². The quantitative estimate of drug-likeness (QED) is 0.523. The number of nitrogens with two attached hydrogens (primary N) is 1. The van der Waals surface area contributed by atoms with E-state index in [-0.39, 0.29) is 12.0 Å². The summed E-state index contributed by atoms with van der Waals surface area (Å²) >= 11 is 0. The molecule has 54 valence electrons. The predicted molar refractivity (Wildman–Crippen MR) is 34.0 cm³/mol. The summed E-state index contributed by atoms with van der Waals surface area (Å²) in [5.41, 5.74) is 5.33. The van der Waals surface area contributed by atoms with Crippen molar-refractivity contribution in [1.82, 2.24) is 0 Å². The highest BCUT2D eigenvalue weighted by Gasteiger charge is 2.32. The number of aliphatic hydroxyl groups excluding tert-OH is 1. The normalized spacial score (nSPS) is 35.3. The maximum absolute atomic E-state index is 8.86. The zero-order chi connectivity index (χ0) is 6.74. The summed E-state index contributed by atoms with van der Waals surface area (Å²) in [5.74, 6) is 0. The van der Waals surface area contributed by atoms with Crippen LogP contribution in [0.5, 0.6) is 0 Å². The molecule has 1 aliphatic heterocycles. The van der Waals surface area contributed by atoms with Crippen molar-refractivity contribution in [3.63, 3.8) is 0 Å². The zero-order valence-corrected chi connectivity index (χ0v) is 5.47. The Morgan fingerprint density at radius 2 is 2.44 bits per heavy atom. The van der Waals surface area contributed by atoms with Crippen LogP contribution in [0.4, 0.5) is 0 Å². The van der Waals surface area contributed by atoms with Gasteiger partial charge in [-0.2, -0.15) is 0 Å². The van der Waals surface area contributed by atoms with Gasteiger partial charge in [-0.15, -0.1) is 0 Å². The molecule has 1 saturated heterocycles. The lowest BCUT2D eigenvalue weighted by molar-refractivity contribution is 0.0995. The van der Waals surface area contributed by atoms with Crippen molar-refractivity contribution < 1.29 is 9.84 Å². The molecule has 0 bridgehead atoms. The van der Waals surface area contributed by atoms with Gasteiger partial charge in [-0.05, 0) is 6.42 Å². The third-order valence-electron chi connectivity index (χ3n) is 1.95. The predicted octanol–water partition coefficient (Wildman–Crippen LogP) is -0.656. The van der Waals surface area contributed by atoms with E-state index >= 15 is 0 Å². The lowest BCUT2D eigenvalue weighted by Gasteiger charge is -2.21. The number of rotatable bonds is 2. The SMILES string of the molecule is NC[C@@]1(CO)CCOC1. The van der Waals surface area contributed by atoms with Crippen LogP contribution in [-0.2, 0) is 4.74 Å². The van der Waals surface area contributed by atoms with E-state index in [1.807, 2.05) is 0 Å². The van der Waals surface area contributed by atoms with Crippen LogP contribution in [0.2, 0.25) is 0 Å². The minimum absolute atomic E-state index is 0.111. The first-order valence-electron chi connectivity index (χ1n) is 3.22. The van der Waals surface area contributed by atoms with Crippen molar-refractivity contribution in [3.05, 3.63) is 0 Å². The first kappa shape index (κ1) is 6.99. The van der Waals surface area contributed by atoms with Gasteiger partial charge in [0, 0.05) is 18.6 Å². The zero-order valence-electron chi connectivity index (χ0n) is 5.47. The molecule has 0 amide bonds. The molecular formula is C6H13NO2. The Morgan fingerprint density at radius 3 is 2.67 bits per heavy atom. The van der Waals surface area contributed by atoms with Crippen LogP contribution in [0.3, 0.4) is 0 Å². The van der Waals surface area contributed by atoms with Gasteiger partial charge < -0.3 is 15.6 Å². The summed E-state index contributed by atoms with van der Waals surface area (Å²) in [4.78, 5) is 0. The summed E-state index contributed by atoms with van der Waals surface area (Å²) in [6.45, 7) is 2.06. The summed E-state index contributed by atoms with van der Waals surface area (Å²) in [5, 5.41) is 8.86. The van der Waals surface area contributed by atoms with Gasteiger partial charge in [-0.3, -0.25) is 0 Å². The fourth-order valence-electron chi connectivity index (χ4n) is 1.000. The van der Waals surface area contributed by atoms with Crippen molar-refractivity contribution in [2.45, 2.75) is 6.42 Å². The highest BCUT2D eigenvalue weighted by molar-refractivity contribution is 4.82. The molecule has 0 aromatic rings. The second-order valence-electron chi connectivity index (χ2n) is 2.66. The standard InChI is InChI=1S/C6H13NO2/c7-3-6(4-8)1-2-9-5-6/h8H,1-5,7H2/t6-/m1/s1. The Balaban J connectivity index is 2.45. The van der Waals surface area contributed by atoms with E-state index in [4.69, 9.17) is 15.6 Å².